The van der Waals surface area contributed by atoms with Crippen LogP contribution in [0.15, 0.2) is 36.5 Å². The minimum absolute atomic E-state index is 0.139. The van der Waals surface area contributed by atoms with Gasteiger partial charge in [-0.3, -0.25) is 4.98 Å². The van der Waals surface area contributed by atoms with Crippen LogP contribution in [0.4, 0.5) is 0 Å². The van der Waals surface area contributed by atoms with E-state index in [1.54, 1.807) is 0 Å². The van der Waals surface area contributed by atoms with Gasteiger partial charge in [0, 0.05) is 11.6 Å². The number of nitriles is 1. The number of pyridine rings is 1. The van der Waals surface area contributed by atoms with Gasteiger partial charge < -0.3 is 0 Å². The normalized spacial score (nSPS) is 12.3. The maximum Gasteiger partial charge on any atom is 0.0856 e. The van der Waals surface area contributed by atoms with Gasteiger partial charge in [0.25, 0.3) is 0 Å². The summed E-state index contributed by atoms with van der Waals surface area (Å²) >= 11 is 0. The lowest BCUT2D eigenvalue weighted by Crippen LogP contribution is -1.93. The van der Waals surface area contributed by atoms with Crippen LogP contribution in [0.1, 0.15) is 18.5 Å². The average molecular weight is 182 g/mol. The predicted octanol–water partition coefficient (Wildman–Crippen LogP) is 2.86. The monoisotopic (exact) mass is 182 g/mol. The highest BCUT2D eigenvalue weighted by Crippen LogP contribution is 2.18. The van der Waals surface area contributed by atoms with Crippen molar-refractivity contribution in [1.82, 2.24) is 4.98 Å². The van der Waals surface area contributed by atoms with Gasteiger partial charge in [-0.25, -0.2) is 0 Å². The Balaban J connectivity index is 2.58. The first-order valence-electron chi connectivity index (χ1n) is 4.55. The molecule has 1 aromatic heterocycles. The zero-order chi connectivity index (χ0) is 9.97. The zero-order valence-corrected chi connectivity index (χ0v) is 7.94. The molecule has 0 fully saturated rings. The van der Waals surface area contributed by atoms with Gasteiger partial charge in [-0.1, -0.05) is 24.3 Å². The standard InChI is InChI=1S/C12H10N2/c1-9(7-13)12-6-10-4-2-3-5-11(10)8-14-12/h2-6,8-9H,1H3. The maximum atomic E-state index is 8.77. The van der Waals surface area contributed by atoms with Gasteiger partial charge in [-0.05, 0) is 18.4 Å². The van der Waals surface area contributed by atoms with Crippen LogP contribution in [0.5, 0.6) is 0 Å². The Morgan fingerprint density at radius 1 is 1.29 bits per heavy atom. The molecule has 1 atom stereocenters. The fourth-order valence-electron chi connectivity index (χ4n) is 1.40. The summed E-state index contributed by atoms with van der Waals surface area (Å²) in [4.78, 5) is 4.26. The second-order valence-electron chi connectivity index (χ2n) is 3.31. The first-order chi connectivity index (χ1) is 6.81. The van der Waals surface area contributed by atoms with Crippen molar-refractivity contribution in [3.63, 3.8) is 0 Å². The van der Waals surface area contributed by atoms with Crippen molar-refractivity contribution in [3.05, 3.63) is 42.2 Å². The van der Waals surface area contributed by atoms with E-state index in [2.05, 4.69) is 11.1 Å². The summed E-state index contributed by atoms with van der Waals surface area (Å²) in [5.41, 5.74) is 0.839. The summed E-state index contributed by atoms with van der Waals surface area (Å²) < 4.78 is 0. The number of rotatable bonds is 1. The summed E-state index contributed by atoms with van der Waals surface area (Å²) in [6, 6.07) is 12.2. The largest absolute Gasteiger partial charge is 0.259 e. The summed E-state index contributed by atoms with van der Waals surface area (Å²) in [5, 5.41) is 11.0. The molecule has 68 valence electrons. The van der Waals surface area contributed by atoms with Gasteiger partial charge >= 0.3 is 0 Å². The van der Waals surface area contributed by atoms with E-state index < -0.39 is 0 Å². The molecule has 2 aromatic rings. The first kappa shape index (κ1) is 8.71. The van der Waals surface area contributed by atoms with Gasteiger partial charge in [0.05, 0.1) is 17.7 Å². The van der Waals surface area contributed by atoms with Crippen LogP contribution in [0.25, 0.3) is 10.8 Å². The molecule has 0 saturated carbocycles. The highest BCUT2D eigenvalue weighted by molar-refractivity contribution is 5.81. The number of fused-ring (bicyclic) bond motifs is 1. The third kappa shape index (κ3) is 1.45. The Morgan fingerprint density at radius 2 is 2.00 bits per heavy atom. The number of nitrogens with zero attached hydrogens (tertiary/aromatic N) is 2. The predicted molar refractivity (Wildman–Crippen MR) is 55.8 cm³/mol. The van der Waals surface area contributed by atoms with Crippen LogP contribution >= 0.6 is 0 Å². The van der Waals surface area contributed by atoms with Crippen LogP contribution in [0.2, 0.25) is 0 Å². The van der Waals surface area contributed by atoms with Crippen molar-refractivity contribution in [2.24, 2.45) is 0 Å². The van der Waals surface area contributed by atoms with Crippen LogP contribution in [0.3, 0.4) is 0 Å². The lowest BCUT2D eigenvalue weighted by Gasteiger charge is -2.03. The second-order valence-corrected chi connectivity index (χ2v) is 3.31. The van der Waals surface area contributed by atoms with Crippen LogP contribution in [-0.2, 0) is 0 Å². The second kappa shape index (κ2) is 3.47. The smallest absolute Gasteiger partial charge is 0.0856 e. The van der Waals surface area contributed by atoms with E-state index in [0.717, 1.165) is 16.5 Å². The molecular weight excluding hydrogens is 172 g/mol. The summed E-state index contributed by atoms with van der Waals surface area (Å²) in [7, 11) is 0. The Hall–Kier alpha value is -1.88. The minimum atomic E-state index is -0.139. The van der Waals surface area contributed by atoms with Crippen molar-refractivity contribution in [1.29, 1.82) is 5.26 Å². The van der Waals surface area contributed by atoms with E-state index >= 15 is 0 Å². The van der Waals surface area contributed by atoms with Crippen LogP contribution in [0, 0.1) is 11.3 Å². The van der Waals surface area contributed by atoms with E-state index in [0.29, 0.717) is 0 Å². The zero-order valence-electron chi connectivity index (χ0n) is 7.94. The molecule has 0 N–H and O–H groups in total. The maximum absolute atomic E-state index is 8.77. The number of benzene rings is 1. The van der Waals surface area contributed by atoms with Gasteiger partial charge in [-0.15, -0.1) is 0 Å². The molecule has 0 spiro atoms. The van der Waals surface area contributed by atoms with Gasteiger partial charge in [0.2, 0.25) is 0 Å². The third-order valence-electron chi connectivity index (χ3n) is 2.29. The molecule has 0 radical (unpaired) electrons. The van der Waals surface area contributed by atoms with Gasteiger partial charge in [0.1, 0.15) is 0 Å². The SMILES string of the molecule is CC(C#N)c1cc2ccccc2cn1. The van der Waals surface area contributed by atoms with Crippen molar-refractivity contribution in [3.8, 4) is 6.07 Å². The average Bonchev–Trinajstić information content (AvgIpc) is 2.27. The molecule has 0 bridgehead atoms. The van der Waals surface area contributed by atoms with Crippen LogP contribution < -0.4 is 0 Å². The summed E-state index contributed by atoms with van der Waals surface area (Å²) in [5.74, 6) is -0.139. The molecule has 0 aliphatic carbocycles. The Morgan fingerprint density at radius 3 is 2.71 bits per heavy atom. The first-order valence-corrected chi connectivity index (χ1v) is 4.55. The van der Waals surface area contributed by atoms with Crippen LogP contribution in [-0.4, -0.2) is 4.98 Å². The molecule has 2 nitrogen and oxygen atoms in total. The van der Waals surface area contributed by atoms with Gasteiger partial charge in [-0.2, -0.15) is 5.26 Å². The lowest BCUT2D eigenvalue weighted by molar-refractivity contribution is 0.925. The lowest BCUT2D eigenvalue weighted by atomic mass is 10.1. The molecule has 0 aliphatic rings. The molecule has 14 heavy (non-hydrogen) atoms. The summed E-state index contributed by atoms with van der Waals surface area (Å²) in [6.07, 6.45) is 1.82. The third-order valence-corrected chi connectivity index (χ3v) is 2.29. The molecular formula is C12H10N2. The molecule has 2 heteroatoms. The number of hydrogen-bond donors (Lipinski definition) is 0. The molecule has 2 rings (SSSR count). The van der Waals surface area contributed by atoms with Crippen molar-refractivity contribution in [2.75, 3.05) is 0 Å². The van der Waals surface area contributed by atoms with E-state index in [-0.39, 0.29) is 5.92 Å². The van der Waals surface area contributed by atoms with E-state index in [9.17, 15) is 0 Å². The topological polar surface area (TPSA) is 36.7 Å². The minimum Gasteiger partial charge on any atom is -0.259 e. The highest BCUT2D eigenvalue weighted by atomic mass is 14.7. The van der Waals surface area contributed by atoms with E-state index in [1.807, 2.05) is 43.5 Å². The molecule has 0 amide bonds. The van der Waals surface area contributed by atoms with Crippen molar-refractivity contribution >= 4 is 10.8 Å². The molecule has 0 saturated heterocycles. The van der Waals surface area contributed by atoms with Crippen molar-refractivity contribution in [2.45, 2.75) is 12.8 Å². The summed E-state index contributed by atoms with van der Waals surface area (Å²) in [6.45, 7) is 1.86. The van der Waals surface area contributed by atoms with Gasteiger partial charge in [0.15, 0.2) is 0 Å². The Bertz CT molecular complexity index is 497. The Kier molecular flexibility index (Phi) is 2.16. The molecule has 1 heterocycles. The fourth-order valence-corrected chi connectivity index (χ4v) is 1.40. The fraction of sp³-hybridized carbons (Fsp3) is 0.167. The highest BCUT2D eigenvalue weighted by Gasteiger charge is 2.05. The van der Waals surface area contributed by atoms with E-state index in [1.165, 1.54) is 0 Å². The quantitative estimate of drug-likeness (QED) is 0.680. The number of hydrogen-bond acceptors (Lipinski definition) is 2. The molecule has 0 aliphatic heterocycles. The molecule has 1 unspecified atom stereocenters. The van der Waals surface area contributed by atoms with E-state index in [4.69, 9.17) is 5.26 Å². The van der Waals surface area contributed by atoms with Crippen molar-refractivity contribution < 1.29 is 0 Å². The molecule has 1 aromatic carbocycles. The Labute approximate surface area is 82.8 Å². The number of aromatic nitrogens is 1.